The molecule has 2 aliphatic rings. The van der Waals surface area contributed by atoms with Crippen molar-refractivity contribution in [2.75, 3.05) is 0 Å². The number of aliphatic hydroxyl groups is 1. The summed E-state index contributed by atoms with van der Waals surface area (Å²) in [5.41, 5.74) is 0.822. The van der Waals surface area contributed by atoms with Crippen molar-refractivity contribution >= 4 is 15.9 Å². The molecular weight excluding hydrogens is 498 g/mol. The van der Waals surface area contributed by atoms with E-state index in [0.717, 1.165) is 44.6 Å². The van der Waals surface area contributed by atoms with E-state index in [4.69, 9.17) is 5.11 Å². The van der Waals surface area contributed by atoms with E-state index in [1.165, 1.54) is 12.1 Å². The van der Waals surface area contributed by atoms with Crippen LogP contribution in [0.4, 0.5) is 26.3 Å². The molecule has 0 heterocycles. The predicted molar refractivity (Wildman–Crippen MR) is 115 cm³/mol. The van der Waals surface area contributed by atoms with Crippen LogP contribution in [0.5, 0.6) is 0 Å². The first-order valence-corrected chi connectivity index (χ1v) is 11.7. The quantitative estimate of drug-likeness (QED) is 0.316. The summed E-state index contributed by atoms with van der Waals surface area (Å²) in [5, 5.41) is 9.32. The third kappa shape index (κ3) is 5.87. The third-order valence-corrected chi connectivity index (χ3v) is 6.92. The molecule has 2 fully saturated rings. The summed E-state index contributed by atoms with van der Waals surface area (Å²) in [6.45, 7) is -0.353. The van der Waals surface area contributed by atoms with Crippen LogP contribution in [0.1, 0.15) is 83.7 Å². The highest BCUT2D eigenvalue weighted by Gasteiger charge is 2.37. The lowest BCUT2D eigenvalue weighted by atomic mass is 9.78. The van der Waals surface area contributed by atoms with Crippen molar-refractivity contribution in [2.45, 2.75) is 74.7 Å². The largest absolute Gasteiger partial charge is 0.416 e. The van der Waals surface area contributed by atoms with Crippen molar-refractivity contribution in [3.05, 3.63) is 69.8 Å². The topological polar surface area (TPSA) is 20.2 Å². The van der Waals surface area contributed by atoms with Gasteiger partial charge in [-0.05, 0) is 71.9 Å². The average Bonchev–Trinajstić information content (AvgIpc) is 2.65. The maximum atomic E-state index is 12.9. The highest BCUT2D eigenvalue weighted by Crippen LogP contribution is 2.44. The lowest BCUT2D eigenvalue weighted by Gasteiger charge is -2.28. The molecule has 0 aliphatic heterocycles. The lowest BCUT2D eigenvalue weighted by molar-refractivity contribution is -0.139. The van der Waals surface area contributed by atoms with Gasteiger partial charge in [0.2, 0.25) is 0 Å². The van der Waals surface area contributed by atoms with Gasteiger partial charge in [-0.15, -0.1) is 0 Å². The first-order valence-electron chi connectivity index (χ1n) is 10.6. The maximum Gasteiger partial charge on any atom is 0.416 e. The second kappa shape index (κ2) is 10.2. The number of hydrogen-bond acceptors (Lipinski definition) is 1. The Hall–Kier alpha value is -1.54. The predicted octanol–water partition coefficient (Wildman–Crippen LogP) is 8.33. The monoisotopic (exact) mass is 522 g/mol. The number of halogens is 7. The van der Waals surface area contributed by atoms with E-state index >= 15 is 0 Å². The van der Waals surface area contributed by atoms with E-state index < -0.39 is 23.5 Å². The number of rotatable bonds is 4. The summed E-state index contributed by atoms with van der Waals surface area (Å²) in [6, 6.07) is 8.83. The SMILES string of the molecule is FC(F)(F)c1cc(CBr)ccc1C1CCC1.OCc1ccc(C2CCC2)c(C(F)(F)F)c1. The van der Waals surface area contributed by atoms with Crippen LogP contribution in [0.25, 0.3) is 0 Å². The summed E-state index contributed by atoms with van der Waals surface area (Å²) in [7, 11) is 0. The Morgan fingerprint density at radius 1 is 0.719 bits per heavy atom. The molecule has 0 unspecified atom stereocenters. The van der Waals surface area contributed by atoms with Gasteiger partial charge in [0.15, 0.2) is 0 Å². The summed E-state index contributed by atoms with van der Waals surface area (Å²) in [4.78, 5) is 0. The molecule has 2 aliphatic carbocycles. The molecule has 8 heteroatoms. The minimum Gasteiger partial charge on any atom is -0.392 e. The molecule has 2 aromatic carbocycles. The Balaban J connectivity index is 0.000000181. The highest BCUT2D eigenvalue weighted by molar-refractivity contribution is 9.08. The molecule has 32 heavy (non-hydrogen) atoms. The summed E-state index contributed by atoms with van der Waals surface area (Å²) < 4.78 is 77.0. The second-order valence-electron chi connectivity index (χ2n) is 8.39. The van der Waals surface area contributed by atoms with Crippen LogP contribution in [0.3, 0.4) is 0 Å². The van der Waals surface area contributed by atoms with Gasteiger partial charge in [0, 0.05) is 5.33 Å². The summed E-state index contributed by atoms with van der Waals surface area (Å²) in [6.07, 6.45) is -3.07. The van der Waals surface area contributed by atoms with Crippen LogP contribution in [0, 0.1) is 0 Å². The maximum absolute atomic E-state index is 12.9. The van der Waals surface area contributed by atoms with Gasteiger partial charge in [-0.2, -0.15) is 26.3 Å². The highest BCUT2D eigenvalue weighted by atomic mass is 79.9. The van der Waals surface area contributed by atoms with Gasteiger partial charge in [0.05, 0.1) is 17.7 Å². The Bertz CT molecular complexity index is 838. The van der Waals surface area contributed by atoms with Crippen molar-refractivity contribution in [3.8, 4) is 0 Å². The first-order chi connectivity index (χ1) is 15.0. The second-order valence-corrected chi connectivity index (χ2v) is 8.95. The Morgan fingerprint density at radius 3 is 1.44 bits per heavy atom. The van der Waals surface area contributed by atoms with Gasteiger partial charge >= 0.3 is 12.4 Å². The Morgan fingerprint density at radius 2 is 1.12 bits per heavy atom. The molecule has 4 rings (SSSR count). The normalized spacial score (nSPS) is 17.2. The zero-order valence-corrected chi connectivity index (χ0v) is 19.0. The van der Waals surface area contributed by atoms with Crippen molar-refractivity contribution in [2.24, 2.45) is 0 Å². The zero-order chi connectivity index (χ0) is 23.5. The fraction of sp³-hybridized carbons (Fsp3) is 0.500. The molecule has 0 spiro atoms. The number of alkyl halides is 7. The van der Waals surface area contributed by atoms with E-state index in [1.54, 1.807) is 18.2 Å². The van der Waals surface area contributed by atoms with E-state index in [9.17, 15) is 26.3 Å². The van der Waals surface area contributed by atoms with Crippen molar-refractivity contribution in [1.82, 2.24) is 0 Å². The lowest BCUT2D eigenvalue weighted by Crippen LogP contribution is -2.17. The van der Waals surface area contributed by atoms with Gasteiger partial charge in [-0.25, -0.2) is 0 Å². The van der Waals surface area contributed by atoms with Gasteiger partial charge < -0.3 is 5.11 Å². The number of hydrogen-bond donors (Lipinski definition) is 1. The molecule has 0 amide bonds. The van der Waals surface area contributed by atoms with E-state index in [1.807, 2.05) is 0 Å². The van der Waals surface area contributed by atoms with Gasteiger partial charge in [0.1, 0.15) is 0 Å². The fourth-order valence-corrected chi connectivity index (χ4v) is 4.38. The molecular formula is C24H25BrF6O. The van der Waals surface area contributed by atoms with Crippen LogP contribution in [-0.4, -0.2) is 5.11 Å². The minimum absolute atomic E-state index is 0.0457. The Kier molecular flexibility index (Phi) is 7.97. The molecule has 0 atom stereocenters. The molecule has 0 radical (unpaired) electrons. The van der Waals surface area contributed by atoms with E-state index in [0.29, 0.717) is 27.6 Å². The van der Waals surface area contributed by atoms with Gasteiger partial charge in [0.25, 0.3) is 0 Å². The smallest absolute Gasteiger partial charge is 0.392 e. The summed E-state index contributed by atoms with van der Waals surface area (Å²) >= 11 is 3.18. The molecule has 0 bridgehead atoms. The van der Waals surface area contributed by atoms with Crippen molar-refractivity contribution < 1.29 is 31.4 Å². The fourth-order valence-electron chi connectivity index (χ4n) is 4.03. The molecule has 1 N–H and O–H groups in total. The van der Waals surface area contributed by atoms with Crippen LogP contribution in [-0.2, 0) is 24.3 Å². The van der Waals surface area contributed by atoms with Crippen molar-refractivity contribution in [3.63, 3.8) is 0 Å². The third-order valence-electron chi connectivity index (χ3n) is 6.27. The molecule has 2 aromatic rings. The molecule has 176 valence electrons. The van der Waals surface area contributed by atoms with Gasteiger partial charge in [-0.1, -0.05) is 53.0 Å². The zero-order valence-electron chi connectivity index (χ0n) is 17.4. The van der Waals surface area contributed by atoms with E-state index in [-0.39, 0.29) is 18.4 Å². The molecule has 0 saturated heterocycles. The van der Waals surface area contributed by atoms with Gasteiger partial charge in [-0.3, -0.25) is 0 Å². The first kappa shape index (κ1) is 25.1. The van der Waals surface area contributed by atoms with E-state index in [2.05, 4.69) is 15.9 Å². The Labute approximate surface area is 192 Å². The van der Waals surface area contributed by atoms with Crippen LogP contribution >= 0.6 is 15.9 Å². The summed E-state index contributed by atoms with van der Waals surface area (Å²) in [5.74, 6) is 0.158. The van der Waals surface area contributed by atoms with Crippen LogP contribution < -0.4 is 0 Å². The van der Waals surface area contributed by atoms with Crippen LogP contribution in [0.2, 0.25) is 0 Å². The molecule has 2 saturated carbocycles. The molecule has 1 nitrogen and oxygen atoms in total. The molecule has 0 aromatic heterocycles. The van der Waals surface area contributed by atoms with Crippen molar-refractivity contribution in [1.29, 1.82) is 0 Å². The number of aliphatic hydroxyl groups excluding tert-OH is 1. The number of benzene rings is 2. The standard InChI is InChI=1S/C12H12BrF3.C12H13F3O/c13-7-8-4-5-10(9-2-1-3-9)11(6-8)12(14,15)16;13-12(14,15)11-6-8(7-16)4-5-10(11)9-2-1-3-9/h4-6,9H,1-3,7H2;4-6,9,16H,1-3,7H2. The van der Waals surface area contributed by atoms with Crippen LogP contribution in [0.15, 0.2) is 36.4 Å². The average molecular weight is 523 g/mol. The minimum atomic E-state index is -4.32.